The number of anilines is 1. The first-order chi connectivity index (χ1) is 11.7. The van der Waals surface area contributed by atoms with Crippen LogP contribution in [0.3, 0.4) is 0 Å². The largest absolute Gasteiger partial charge is 0.379 e. The average Bonchev–Trinajstić information content (AvgIpc) is 3.07. The van der Waals surface area contributed by atoms with Crippen molar-refractivity contribution in [3.63, 3.8) is 0 Å². The minimum absolute atomic E-state index is 0.0569. The fourth-order valence-electron chi connectivity index (χ4n) is 2.81. The van der Waals surface area contributed by atoms with Crippen LogP contribution in [0.2, 0.25) is 0 Å². The Balaban J connectivity index is 1.68. The van der Waals surface area contributed by atoms with Gasteiger partial charge in [0.2, 0.25) is 0 Å². The predicted molar refractivity (Wildman–Crippen MR) is 92.0 cm³/mol. The second kappa shape index (κ2) is 7.71. The SMILES string of the molecule is Cc1cc(N[C@@H]2CCOC[C@H]2OCc2cscn2)nc(C)c1C#N. The molecule has 1 N–H and O–H groups in total. The number of hydrogen-bond acceptors (Lipinski definition) is 7. The highest BCUT2D eigenvalue weighted by Crippen LogP contribution is 2.21. The molecule has 0 bridgehead atoms. The van der Waals surface area contributed by atoms with Crippen molar-refractivity contribution in [3.05, 3.63) is 39.5 Å². The minimum atomic E-state index is -0.0569. The summed E-state index contributed by atoms with van der Waals surface area (Å²) in [6.07, 6.45) is 0.792. The molecule has 1 aliphatic rings. The molecule has 0 radical (unpaired) electrons. The molecule has 1 aliphatic heterocycles. The van der Waals surface area contributed by atoms with Gasteiger partial charge in [-0.25, -0.2) is 9.97 Å². The Labute approximate surface area is 145 Å². The number of ether oxygens (including phenoxy) is 2. The van der Waals surface area contributed by atoms with Gasteiger partial charge in [0.05, 0.1) is 41.7 Å². The highest BCUT2D eigenvalue weighted by Gasteiger charge is 2.27. The molecule has 7 heteroatoms. The number of nitriles is 1. The maximum absolute atomic E-state index is 9.16. The summed E-state index contributed by atoms with van der Waals surface area (Å²) >= 11 is 1.56. The van der Waals surface area contributed by atoms with Gasteiger partial charge in [-0.3, -0.25) is 0 Å². The van der Waals surface area contributed by atoms with Gasteiger partial charge in [-0.1, -0.05) is 0 Å². The van der Waals surface area contributed by atoms with E-state index < -0.39 is 0 Å². The lowest BCUT2D eigenvalue weighted by molar-refractivity contribution is -0.0644. The predicted octanol–water partition coefficient (Wildman–Crippen LogP) is 2.81. The lowest BCUT2D eigenvalue weighted by Gasteiger charge is -2.32. The van der Waals surface area contributed by atoms with Crippen molar-refractivity contribution in [1.29, 1.82) is 5.26 Å². The third kappa shape index (κ3) is 3.90. The van der Waals surface area contributed by atoms with Gasteiger partial charge in [0.15, 0.2) is 0 Å². The highest BCUT2D eigenvalue weighted by molar-refractivity contribution is 7.07. The molecular formula is C17H20N4O2S. The van der Waals surface area contributed by atoms with E-state index in [0.29, 0.717) is 25.4 Å². The first-order valence-corrected chi connectivity index (χ1v) is 8.83. The minimum Gasteiger partial charge on any atom is -0.379 e. The van der Waals surface area contributed by atoms with Crippen LogP contribution in [-0.4, -0.2) is 35.3 Å². The highest BCUT2D eigenvalue weighted by atomic mass is 32.1. The molecule has 2 atom stereocenters. The second-order valence-corrected chi connectivity index (χ2v) is 6.56. The van der Waals surface area contributed by atoms with Crippen molar-refractivity contribution in [3.8, 4) is 6.07 Å². The third-order valence-corrected chi connectivity index (χ3v) is 4.71. The van der Waals surface area contributed by atoms with Gasteiger partial charge < -0.3 is 14.8 Å². The van der Waals surface area contributed by atoms with Crippen LogP contribution in [0, 0.1) is 25.2 Å². The molecule has 6 nitrogen and oxygen atoms in total. The van der Waals surface area contributed by atoms with Crippen molar-refractivity contribution < 1.29 is 9.47 Å². The number of aryl methyl sites for hydroxylation is 2. The van der Waals surface area contributed by atoms with Crippen LogP contribution in [0.4, 0.5) is 5.82 Å². The second-order valence-electron chi connectivity index (χ2n) is 5.84. The molecule has 0 aliphatic carbocycles. The molecule has 1 fully saturated rings. The maximum atomic E-state index is 9.16. The number of thiazole rings is 1. The molecule has 24 heavy (non-hydrogen) atoms. The number of pyridine rings is 1. The smallest absolute Gasteiger partial charge is 0.126 e. The van der Waals surface area contributed by atoms with Crippen LogP contribution in [0.1, 0.15) is 28.9 Å². The quantitative estimate of drug-likeness (QED) is 0.898. The summed E-state index contributed by atoms with van der Waals surface area (Å²) in [7, 11) is 0. The number of nitrogens with one attached hydrogen (secondary N) is 1. The van der Waals surface area contributed by atoms with Gasteiger partial charge in [0.25, 0.3) is 0 Å². The van der Waals surface area contributed by atoms with Crippen LogP contribution in [0.15, 0.2) is 17.0 Å². The number of nitrogens with zero attached hydrogens (tertiary/aromatic N) is 3. The van der Waals surface area contributed by atoms with E-state index in [-0.39, 0.29) is 12.1 Å². The fraction of sp³-hybridized carbons (Fsp3) is 0.471. The summed E-state index contributed by atoms with van der Waals surface area (Å²) in [5, 5.41) is 14.6. The number of aromatic nitrogens is 2. The Morgan fingerprint density at radius 1 is 1.50 bits per heavy atom. The summed E-state index contributed by atoms with van der Waals surface area (Å²) in [6, 6.07) is 4.24. The van der Waals surface area contributed by atoms with Crippen LogP contribution < -0.4 is 5.32 Å². The normalized spacial score (nSPS) is 20.5. The third-order valence-electron chi connectivity index (χ3n) is 4.08. The monoisotopic (exact) mass is 344 g/mol. The van der Waals surface area contributed by atoms with E-state index in [1.54, 1.807) is 16.8 Å². The Hall–Kier alpha value is -2.01. The molecule has 1 saturated heterocycles. The topological polar surface area (TPSA) is 80.1 Å². The zero-order chi connectivity index (χ0) is 16.9. The van der Waals surface area contributed by atoms with Gasteiger partial charge >= 0.3 is 0 Å². The summed E-state index contributed by atoms with van der Waals surface area (Å²) in [5.74, 6) is 0.776. The Morgan fingerprint density at radius 3 is 3.08 bits per heavy atom. The van der Waals surface area contributed by atoms with Crippen LogP contribution in [0.5, 0.6) is 0 Å². The summed E-state index contributed by atoms with van der Waals surface area (Å²) in [5.41, 5.74) is 5.06. The van der Waals surface area contributed by atoms with Crippen LogP contribution in [-0.2, 0) is 16.1 Å². The molecule has 0 saturated carbocycles. The van der Waals surface area contributed by atoms with E-state index in [2.05, 4.69) is 21.4 Å². The van der Waals surface area contributed by atoms with Crippen LogP contribution in [0.25, 0.3) is 0 Å². The average molecular weight is 344 g/mol. The van der Waals surface area contributed by atoms with Crippen molar-refractivity contribution in [1.82, 2.24) is 9.97 Å². The molecule has 0 spiro atoms. The maximum Gasteiger partial charge on any atom is 0.126 e. The van der Waals surface area contributed by atoms with Gasteiger partial charge in [0.1, 0.15) is 18.0 Å². The lowest BCUT2D eigenvalue weighted by Crippen LogP contribution is -2.43. The summed E-state index contributed by atoms with van der Waals surface area (Å²) in [4.78, 5) is 8.74. The van der Waals surface area contributed by atoms with Crippen molar-refractivity contribution in [2.75, 3.05) is 18.5 Å². The Kier molecular flexibility index (Phi) is 5.41. The zero-order valence-electron chi connectivity index (χ0n) is 13.8. The van der Waals surface area contributed by atoms with Gasteiger partial charge in [-0.2, -0.15) is 5.26 Å². The van der Waals surface area contributed by atoms with Crippen molar-refractivity contribution in [2.45, 2.75) is 39.0 Å². The Bertz CT molecular complexity index is 704. The zero-order valence-corrected chi connectivity index (χ0v) is 14.6. The van der Waals surface area contributed by atoms with Gasteiger partial charge in [0, 0.05) is 12.0 Å². The summed E-state index contributed by atoms with van der Waals surface area (Å²) in [6.45, 7) is 5.52. The van der Waals surface area contributed by atoms with Gasteiger partial charge in [-0.05, 0) is 31.9 Å². The Morgan fingerprint density at radius 2 is 2.38 bits per heavy atom. The standard InChI is InChI=1S/C17H20N4O2S/c1-11-5-17(20-12(2)14(11)6-18)21-15-3-4-22-8-16(15)23-7-13-9-24-10-19-13/h5,9-10,15-16H,3-4,7-8H2,1-2H3,(H,20,21)/t15-,16-/m1/s1. The summed E-state index contributed by atoms with van der Waals surface area (Å²) < 4.78 is 11.6. The van der Waals surface area contributed by atoms with Crippen molar-refractivity contribution >= 4 is 17.2 Å². The molecule has 2 aromatic heterocycles. The molecule has 0 unspecified atom stereocenters. The van der Waals surface area contributed by atoms with Crippen LogP contribution >= 0.6 is 11.3 Å². The molecular weight excluding hydrogens is 324 g/mol. The first-order valence-electron chi connectivity index (χ1n) is 7.88. The van der Waals surface area contributed by atoms with E-state index in [4.69, 9.17) is 14.7 Å². The molecule has 126 valence electrons. The molecule has 3 heterocycles. The van der Waals surface area contributed by atoms with E-state index in [1.165, 1.54) is 0 Å². The van der Waals surface area contributed by atoms with Crippen molar-refractivity contribution in [2.24, 2.45) is 0 Å². The molecule has 3 rings (SSSR count). The van der Waals surface area contributed by atoms with E-state index >= 15 is 0 Å². The van der Waals surface area contributed by atoms with E-state index in [9.17, 15) is 0 Å². The lowest BCUT2D eigenvalue weighted by atomic mass is 10.1. The fourth-order valence-corrected chi connectivity index (χ4v) is 3.35. The molecule has 0 amide bonds. The first kappa shape index (κ1) is 16.8. The van der Waals surface area contributed by atoms with Gasteiger partial charge in [-0.15, -0.1) is 11.3 Å². The molecule has 0 aromatic carbocycles. The number of rotatable bonds is 5. The number of hydrogen-bond donors (Lipinski definition) is 1. The van der Waals surface area contributed by atoms with E-state index in [1.807, 2.05) is 25.3 Å². The van der Waals surface area contributed by atoms with E-state index in [0.717, 1.165) is 29.2 Å². The molecule has 2 aromatic rings.